The van der Waals surface area contributed by atoms with E-state index in [1.807, 2.05) is 0 Å². The van der Waals surface area contributed by atoms with Gasteiger partial charge in [0.2, 0.25) is 0 Å². The van der Waals surface area contributed by atoms with Gasteiger partial charge in [-0.25, -0.2) is 0 Å². The topological polar surface area (TPSA) is 96.8 Å². The number of aliphatic hydroxyl groups excluding tert-OH is 3. The average molecular weight is 739 g/mol. The smallest absolute Gasteiger partial charge is 0.550 e. The van der Waals surface area contributed by atoms with E-state index in [-0.39, 0.29) is 37.3 Å². The molecule has 0 heterocycles. The first-order chi connectivity index (χ1) is 13.9. The van der Waals surface area contributed by atoms with Crippen LogP contribution in [0, 0.1) is 54.9 Å². The zero-order chi connectivity index (χ0) is 27.9. The molecule has 0 spiro atoms. The molecule has 0 aromatic carbocycles. The van der Waals surface area contributed by atoms with Crippen LogP contribution < -0.4 is 14.9 Å². The van der Waals surface area contributed by atoms with E-state index in [0.717, 1.165) is 0 Å². The molecule has 0 aromatic heterocycles. The summed E-state index contributed by atoms with van der Waals surface area (Å²) >= 11 is 0. The molecule has 1 radical (unpaired) electrons. The van der Waals surface area contributed by atoms with Crippen molar-refractivity contribution in [2.24, 2.45) is 0 Å². The zero-order valence-corrected chi connectivity index (χ0v) is 33.5. The van der Waals surface area contributed by atoms with E-state index in [0.29, 0.717) is 17.6 Å². The molecule has 0 aliphatic rings. The first-order valence-corrected chi connectivity index (χ1v) is 32.9. The van der Waals surface area contributed by atoms with Crippen LogP contribution in [0.4, 0.5) is 0 Å². The maximum absolute atomic E-state index is 9.62. The van der Waals surface area contributed by atoms with Crippen molar-refractivity contribution in [1.29, 1.82) is 0 Å². The zero-order valence-electron chi connectivity index (χ0n) is 25.6. The molecule has 0 saturated carbocycles. The Morgan fingerprint density at radius 2 is 0.471 bits per heavy atom. The molecule has 0 saturated heterocycles. The third-order valence-electron chi connectivity index (χ3n) is 3.61. The maximum atomic E-state index is 9.62. The third kappa shape index (κ3) is 30.5. The average Bonchev–Trinajstić information content (AvgIpc) is 2.39. The summed E-state index contributed by atoms with van der Waals surface area (Å²) < 4.78 is 0. The Bertz CT molecular complexity index is 459. The van der Waals surface area contributed by atoms with Crippen LogP contribution >= 0.6 is 0 Å². The molecule has 13 heteroatoms. The third-order valence-corrected chi connectivity index (χ3v) is 12.0. The van der Waals surface area contributed by atoms with Crippen molar-refractivity contribution in [3.8, 4) is 0 Å². The fourth-order valence-corrected chi connectivity index (χ4v) is 11.6. The van der Waals surface area contributed by atoms with Crippen LogP contribution in [0.25, 0.3) is 0 Å². The van der Waals surface area contributed by atoms with Crippen LogP contribution in [0.5, 0.6) is 0 Å². The summed E-state index contributed by atoms with van der Waals surface area (Å²) in [7, 11) is -8.42. The van der Waals surface area contributed by atoms with E-state index >= 15 is 0 Å². The standard InChI is InChI=1S/3C7H20NOSi2.Er/c3*1-10(2,3)7(9)8-11(4,5)6;/h3*8-9H,1-6H3;/q3*-1;+3. The fourth-order valence-electron chi connectivity index (χ4n) is 1.63. The van der Waals surface area contributed by atoms with Crippen molar-refractivity contribution in [3.63, 3.8) is 0 Å². The molecular formula is C21H60ErN3O3Si6. The number of rotatable bonds is 9. The second-order valence-electron chi connectivity index (χ2n) is 14.9. The van der Waals surface area contributed by atoms with E-state index in [1.165, 1.54) is 0 Å². The molecule has 0 rings (SSSR count). The second kappa shape index (κ2) is 16.4. The van der Waals surface area contributed by atoms with Crippen molar-refractivity contribution in [1.82, 2.24) is 14.9 Å². The van der Waals surface area contributed by atoms with E-state index < -0.39 is 48.9 Å². The van der Waals surface area contributed by atoms with Crippen LogP contribution in [0.3, 0.4) is 0 Å². The molecule has 0 aliphatic heterocycles. The van der Waals surface area contributed by atoms with E-state index in [4.69, 9.17) is 0 Å². The van der Waals surface area contributed by atoms with Gasteiger partial charge in [0.15, 0.2) is 0 Å². The van der Waals surface area contributed by atoms with Gasteiger partial charge in [0.25, 0.3) is 0 Å². The minimum atomic E-state index is -1.47. The maximum Gasteiger partial charge on any atom is 3.00 e. The summed E-state index contributed by atoms with van der Waals surface area (Å²) in [5.74, 6) is 1.66. The summed E-state index contributed by atoms with van der Waals surface area (Å²) in [5, 5.41) is 28.9. The summed E-state index contributed by atoms with van der Waals surface area (Å²) in [6, 6.07) is 0. The van der Waals surface area contributed by atoms with E-state index in [9.17, 15) is 15.3 Å². The Morgan fingerprint density at radius 3 is 0.500 bits per heavy atom. The molecule has 0 aromatic rings. The van der Waals surface area contributed by atoms with Gasteiger partial charge < -0.3 is 30.3 Å². The van der Waals surface area contributed by atoms with Crippen molar-refractivity contribution in [2.45, 2.75) is 118 Å². The van der Waals surface area contributed by atoms with Crippen molar-refractivity contribution >= 4 is 48.9 Å². The Morgan fingerprint density at radius 1 is 0.353 bits per heavy atom. The largest absolute Gasteiger partial charge is 3.00 e. The first kappa shape index (κ1) is 43.4. The number of aliphatic hydroxyl groups is 3. The molecule has 0 unspecified atom stereocenters. The molecule has 6 nitrogen and oxygen atoms in total. The van der Waals surface area contributed by atoms with E-state index in [2.05, 4.69) is 133 Å². The summed E-state index contributed by atoms with van der Waals surface area (Å²) in [5.41, 5.74) is 0. The molecule has 0 fully saturated rings. The fraction of sp³-hybridized carbons (Fsp3) is 0.857. The van der Waals surface area contributed by atoms with Crippen molar-refractivity contribution < 1.29 is 52.6 Å². The van der Waals surface area contributed by atoms with Crippen LogP contribution in [0.2, 0.25) is 118 Å². The van der Waals surface area contributed by atoms with Gasteiger partial charge in [-0.1, -0.05) is 142 Å². The van der Waals surface area contributed by atoms with Gasteiger partial charge in [-0.15, -0.1) is 17.6 Å². The number of nitrogens with one attached hydrogen (secondary N) is 3. The minimum Gasteiger partial charge on any atom is -0.550 e. The van der Waals surface area contributed by atoms with Crippen molar-refractivity contribution in [3.05, 3.63) is 17.6 Å². The molecule has 0 amide bonds. The van der Waals surface area contributed by atoms with Crippen LogP contribution in [-0.4, -0.2) is 64.2 Å². The van der Waals surface area contributed by atoms with Gasteiger partial charge in [0.05, 0.1) is 24.7 Å². The Kier molecular flexibility index (Phi) is 20.9. The molecule has 34 heavy (non-hydrogen) atoms. The predicted molar refractivity (Wildman–Crippen MR) is 165 cm³/mol. The van der Waals surface area contributed by atoms with Gasteiger partial charge in [0, 0.05) is 0 Å². The Labute approximate surface area is 249 Å². The normalized spacial score (nSPS) is 13.8. The Hall–Kier alpha value is 2.31. The molecular weight excluding hydrogens is 678 g/mol. The molecule has 0 aliphatic carbocycles. The van der Waals surface area contributed by atoms with Gasteiger partial charge in [-0.05, 0) is 0 Å². The van der Waals surface area contributed by atoms with Crippen LogP contribution in [-0.2, 0) is 0 Å². The van der Waals surface area contributed by atoms with Crippen LogP contribution in [0.1, 0.15) is 0 Å². The van der Waals surface area contributed by atoms with Gasteiger partial charge in [-0.3, -0.25) is 0 Å². The summed E-state index contributed by atoms with van der Waals surface area (Å²) in [6.07, 6.45) is 0. The monoisotopic (exact) mass is 736 g/mol. The summed E-state index contributed by atoms with van der Waals surface area (Å²) in [6.45, 7) is 38.9. The predicted octanol–water partition coefficient (Wildman–Crippen LogP) is 6.45. The molecule has 0 bridgehead atoms. The second-order valence-corrected chi connectivity index (χ2v) is 44.1. The minimum absolute atomic E-state index is 0. The van der Waals surface area contributed by atoms with Crippen molar-refractivity contribution in [2.75, 3.05) is 0 Å². The molecule has 6 N–H and O–H groups in total. The molecule has 0 atom stereocenters. The van der Waals surface area contributed by atoms with E-state index in [1.54, 1.807) is 0 Å². The first-order valence-electron chi connectivity index (χ1n) is 11.9. The van der Waals surface area contributed by atoms with Gasteiger partial charge in [0.1, 0.15) is 0 Å². The number of hydrogen-bond donors (Lipinski definition) is 6. The molecule has 213 valence electrons. The quantitative estimate of drug-likeness (QED) is 0.120. The number of hydrogen-bond acceptors (Lipinski definition) is 6. The van der Waals surface area contributed by atoms with Gasteiger partial charge >= 0.3 is 37.3 Å². The van der Waals surface area contributed by atoms with Gasteiger partial charge in [-0.2, -0.15) is 0 Å². The summed E-state index contributed by atoms with van der Waals surface area (Å²) in [4.78, 5) is 9.70. The SMILES string of the molecule is C[Si](C)(C)N[C-](O)[Si](C)(C)C.C[Si](C)(C)N[C-](O)[Si](C)(C)C.C[Si](C)(C)N[C-](O)[Si](C)(C)C.[Er+3]. The Balaban J connectivity index is -0.000000196. The van der Waals surface area contributed by atoms with Crippen LogP contribution in [0.15, 0.2) is 0 Å².